The summed E-state index contributed by atoms with van der Waals surface area (Å²) in [5.41, 5.74) is 0.708. The van der Waals surface area contributed by atoms with E-state index in [0.717, 1.165) is 10.8 Å². The van der Waals surface area contributed by atoms with E-state index >= 15 is 0 Å². The number of para-hydroxylation sites is 1. The minimum absolute atomic E-state index is 0.266. The summed E-state index contributed by atoms with van der Waals surface area (Å²) in [5.74, 6) is -0.190. The average molecular weight is 363 g/mol. The van der Waals surface area contributed by atoms with E-state index in [9.17, 15) is 9.59 Å². The lowest BCUT2D eigenvalue weighted by Gasteiger charge is -2.17. The number of fused-ring (bicyclic) bond motifs is 1. The Bertz CT molecular complexity index is 962. The first kappa shape index (κ1) is 18.5. The fourth-order valence-corrected chi connectivity index (χ4v) is 2.76. The molecule has 1 N–H and O–H groups in total. The van der Waals surface area contributed by atoms with Crippen molar-refractivity contribution in [2.24, 2.45) is 0 Å². The van der Waals surface area contributed by atoms with Gasteiger partial charge in [-0.3, -0.25) is 4.79 Å². The van der Waals surface area contributed by atoms with E-state index in [-0.39, 0.29) is 12.5 Å². The molecule has 0 aliphatic heterocycles. The molecule has 0 fully saturated rings. The van der Waals surface area contributed by atoms with E-state index in [0.29, 0.717) is 17.0 Å². The van der Waals surface area contributed by atoms with Gasteiger partial charge in [-0.05, 0) is 37.4 Å². The van der Waals surface area contributed by atoms with Gasteiger partial charge in [0.05, 0.1) is 17.9 Å². The van der Waals surface area contributed by atoms with Gasteiger partial charge >= 0.3 is 5.97 Å². The summed E-state index contributed by atoms with van der Waals surface area (Å²) in [6, 6.07) is 20.3. The zero-order valence-electron chi connectivity index (χ0n) is 15.3. The molecule has 1 amide bonds. The number of benzene rings is 3. The highest BCUT2D eigenvalue weighted by Gasteiger charge is 2.19. The molecule has 0 aliphatic carbocycles. The van der Waals surface area contributed by atoms with Crippen molar-refractivity contribution in [3.8, 4) is 5.75 Å². The maximum atomic E-state index is 12.6. The van der Waals surface area contributed by atoms with Gasteiger partial charge in [0.25, 0.3) is 5.91 Å². The van der Waals surface area contributed by atoms with Crippen LogP contribution < -0.4 is 10.1 Å². The maximum absolute atomic E-state index is 12.6. The number of anilines is 1. The Hall–Kier alpha value is -3.34. The van der Waals surface area contributed by atoms with Crippen LogP contribution in [-0.4, -0.2) is 24.6 Å². The number of carbonyl (C=O) groups is 2. The van der Waals surface area contributed by atoms with Crippen LogP contribution in [0.15, 0.2) is 66.7 Å². The summed E-state index contributed by atoms with van der Waals surface area (Å²) in [6.07, 6.45) is -0.744. The Labute approximate surface area is 157 Å². The van der Waals surface area contributed by atoms with Crippen molar-refractivity contribution in [2.45, 2.75) is 20.0 Å². The first-order valence-corrected chi connectivity index (χ1v) is 8.81. The lowest BCUT2D eigenvalue weighted by atomic mass is 10.1. The van der Waals surface area contributed by atoms with Gasteiger partial charge < -0.3 is 14.8 Å². The molecule has 0 radical (unpaired) electrons. The normalized spacial score (nSPS) is 11.6. The zero-order valence-corrected chi connectivity index (χ0v) is 15.3. The van der Waals surface area contributed by atoms with Crippen LogP contribution in [0.3, 0.4) is 0 Å². The van der Waals surface area contributed by atoms with Crippen LogP contribution in [0.1, 0.15) is 24.2 Å². The molecule has 0 heterocycles. The molecule has 0 saturated heterocycles. The minimum Gasteiger partial charge on any atom is -0.480 e. The Morgan fingerprint density at radius 1 is 0.963 bits per heavy atom. The summed E-state index contributed by atoms with van der Waals surface area (Å²) in [6.45, 7) is 3.67. The summed E-state index contributed by atoms with van der Waals surface area (Å²) in [7, 11) is 0. The molecule has 0 bridgehead atoms. The van der Waals surface area contributed by atoms with E-state index in [1.165, 1.54) is 0 Å². The predicted octanol–water partition coefficient (Wildman–Crippen LogP) is 4.42. The molecule has 27 heavy (non-hydrogen) atoms. The molecular weight excluding hydrogens is 342 g/mol. The third-order valence-corrected chi connectivity index (χ3v) is 4.10. The number of hydrogen-bond donors (Lipinski definition) is 1. The first-order chi connectivity index (χ1) is 13.1. The number of carbonyl (C=O) groups excluding carboxylic acids is 2. The molecular formula is C22H21NO4. The van der Waals surface area contributed by atoms with Crippen LogP contribution >= 0.6 is 0 Å². The maximum Gasteiger partial charge on any atom is 0.340 e. The molecule has 3 aromatic carbocycles. The fourth-order valence-electron chi connectivity index (χ4n) is 2.76. The van der Waals surface area contributed by atoms with Crippen LogP contribution in [0.4, 0.5) is 5.69 Å². The van der Waals surface area contributed by atoms with Crippen LogP contribution in [0.25, 0.3) is 10.8 Å². The lowest BCUT2D eigenvalue weighted by Crippen LogP contribution is -2.30. The Kier molecular flexibility index (Phi) is 5.71. The topological polar surface area (TPSA) is 64.6 Å². The van der Waals surface area contributed by atoms with Crippen molar-refractivity contribution in [1.29, 1.82) is 0 Å². The molecule has 3 aromatic rings. The number of rotatable bonds is 6. The van der Waals surface area contributed by atoms with E-state index in [1.807, 2.05) is 42.5 Å². The van der Waals surface area contributed by atoms with Crippen molar-refractivity contribution in [3.05, 3.63) is 72.3 Å². The average Bonchev–Trinajstić information content (AvgIpc) is 2.69. The van der Waals surface area contributed by atoms with Gasteiger partial charge in [0.1, 0.15) is 5.75 Å². The summed E-state index contributed by atoms with van der Waals surface area (Å²) in [4.78, 5) is 24.6. The third kappa shape index (κ3) is 4.26. The van der Waals surface area contributed by atoms with Gasteiger partial charge in [0.2, 0.25) is 0 Å². The number of amides is 1. The molecule has 0 saturated carbocycles. The highest BCUT2D eigenvalue weighted by Crippen LogP contribution is 2.26. The smallest absolute Gasteiger partial charge is 0.340 e. The molecule has 1 unspecified atom stereocenters. The van der Waals surface area contributed by atoms with Crippen molar-refractivity contribution >= 4 is 28.3 Å². The largest absolute Gasteiger partial charge is 0.480 e. The van der Waals surface area contributed by atoms with Crippen molar-refractivity contribution in [3.63, 3.8) is 0 Å². The van der Waals surface area contributed by atoms with Crippen LogP contribution in [0.2, 0.25) is 0 Å². The fraction of sp³-hybridized carbons (Fsp3) is 0.182. The van der Waals surface area contributed by atoms with E-state index in [1.54, 1.807) is 38.1 Å². The molecule has 5 heteroatoms. The molecule has 3 rings (SSSR count). The van der Waals surface area contributed by atoms with Crippen molar-refractivity contribution < 1.29 is 19.1 Å². The highest BCUT2D eigenvalue weighted by molar-refractivity contribution is 6.02. The second-order valence-corrected chi connectivity index (χ2v) is 5.99. The Morgan fingerprint density at radius 3 is 2.48 bits per heavy atom. The van der Waals surface area contributed by atoms with Gasteiger partial charge in [-0.15, -0.1) is 0 Å². The quantitative estimate of drug-likeness (QED) is 0.658. The van der Waals surface area contributed by atoms with Crippen molar-refractivity contribution in [1.82, 2.24) is 0 Å². The number of hydrogen-bond acceptors (Lipinski definition) is 4. The first-order valence-electron chi connectivity index (χ1n) is 8.81. The zero-order chi connectivity index (χ0) is 19.2. The summed E-state index contributed by atoms with van der Waals surface area (Å²) < 4.78 is 10.9. The van der Waals surface area contributed by atoms with E-state index in [2.05, 4.69) is 5.32 Å². The molecule has 0 spiro atoms. The monoisotopic (exact) mass is 363 g/mol. The standard InChI is InChI=1S/C22H21NO4/c1-3-26-22(25)18-12-6-7-13-19(18)23-21(24)15(2)27-20-14-8-10-16-9-4-5-11-17(16)20/h4-15H,3H2,1-2H3,(H,23,24). The Morgan fingerprint density at radius 2 is 1.67 bits per heavy atom. The van der Waals surface area contributed by atoms with Crippen LogP contribution in [0, 0.1) is 0 Å². The third-order valence-electron chi connectivity index (χ3n) is 4.10. The molecule has 0 aliphatic rings. The van der Waals surface area contributed by atoms with Gasteiger partial charge in [-0.25, -0.2) is 4.79 Å². The van der Waals surface area contributed by atoms with Gasteiger partial charge in [0.15, 0.2) is 6.10 Å². The van der Waals surface area contributed by atoms with Crippen molar-refractivity contribution in [2.75, 3.05) is 11.9 Å². The number of nitrogens with one attached hydrogen (secondary N) is 1. The molecule has 138 valence electrons. The Balaban J connectivity index is 1.76. The van der Waals surface area contributed by atoms with Crippen LogP contribution in [0.5, 0.6) is 5.75 Å². The molecule has 1 atom stereocenters. The SMILES string of the molecule is CCOC(=O)c1ccccc1NC(=O)C(C)Oc1cccc2ccccc12. The van der Waals surface area contributed by atoms with Gasteiger partial charge in [0, 0.05) is 5.39 Å². The van der Waals surface area contributed by atoms with Gasteiger partial charge in [-0.2, -0.15) is 0 Å². The second kappa shape index (κ2) is 8.36. The minimum atomic E-state index is -0.744. The predicted molar refractivity (Wildman–Crippen MR) is 105 cm³/mol. The highest BCUT2D eigenvalue weighted by atomic mass is 16.5. The van der Waals surface area contributed by atoms with Gasteiger partial charge in [-0.1, -0.05) is 48.5 Å². The van der Waals surface area contributed by atoms with E-state index in [4.69, 9.17) is 9.47 Å². The number of esters is 1. The lowest BCUT2D eigenvalue weighted by molar-refractivity contribution is -0.122. The molecule has 5 nitrogen and oxygen atoms in total. The molecule has 0 aromatic heterocycles. The summed E-state index contributed by atoms with van der Waals surface area (Å²) in [5, 5.41) is 4.73. The summed E-state index contributed by atoms with van der Waals surface area (Å²) >= 11 is 0. The van der Waals surface area contributed by atoms with Crippen LogP contribution in [-0.2, 0) is 9.53 Å². The van der Waals surface area contributed by atoms with E-state index < -0.39 is 12.1 Å². The number of ether oxygens (including phenoxy) is 2. The second-order valence-electron chi connectivity index (χ2n) is 5.99.